The van der Waals surface area contributed by atoms with Gasteiger partial charge in [-0.3, -0.25) is 0 Å². The van der Waals surface area contributed by atoms with Crippen LogP contribution in [-0.4, -0.2) is 4.57 Å². The molecule has 12 heavy (non-hydrogen) atoms. The Hall–Kier alpha value is -0.510. The minimum atomic E-state index is 1.30. The summed E-state index contributed by atoms with van der Waals surface area (Å²) in [6.45, 7) is 2.15. The third kappa shape index (κ3) is 1.14. The highest BCUT2D eigenvalue weighted by Crippen LogP contribution is 2.21. The second-order valence-electron chi connectivity index (χ2n) is 3.08. The zero-order valence-electron chi connectivity index (χ0n) is 7.13. The van der Waals surface area contributed by atoms with Gasteiger partial charge in [-0.15, -0.1) is 0 Å². The highest BCUT2D eigenvalue weighted by atomic mass is 127. The number of rotatable bonds is 0. The Morgan fingerprint density at radius 3 is 2.83 bits per heavy atom. The molecule has 0 aliphatic heterocycles. The van der Waals surface area contributed by atoms with Crippen molar-refractivity contribution in [2.24, 2.45) is 7.05 Å². The fraction of sp³-hybridized carbons (Fsp3) is 0.200. The van der Waals surface area contributed by atoms with Crippen LogP contribution in [0.1, 0.15) is 5.56 Å². The molecule has 1 aromatic carbocycles. The van der Waals surface area contributed by atoms with E-state index in [0.717, 1.165) is 0 Å². The van der Waals surface area contributed by atoms with E-state index in [9.17, 15) is 0 Å². The highest BCUT2D eigenvalue weighted by Gasteiger charge is 2.01. The Balaban J connectivity index is 2.90. The van der Waals surface area contributed by atoms with Crippen molar-refractivity contribution >= 4 is 33.5 Å². The standard InChI is InChI=1S/C10H10IN/c1-7-6-12(2)10-4-3-8(11)5-9(7)10/h3-6H,1-2H3. The van der Waals surface area contributed by atoms with E-state index >= 15 is 0 Å². The Kier molecular flexibility index (Phi) is 1.87. The van der Waals surface area contributed by atoms with Crippen molar-refractivity contribution in [1.29, 1.82) is 0 Å². The highest BCUT2D eigenvalue weighted by molar-refractivity contribution is 14.1. The number of aromatic nitrogens is 1. The van der Waals surface area contributed by atoms with Gasteiger partial charge in [0.15, 0.2) is 0 Å². The van der Waals surface area contributed by atoms with E-state index in [1.807, 2.05) is 0 Å². The average molecular weight is 271 g/mol. The maximum absolute atomic E-state index is 2.34. The third-order valence-electron chi connectivity index (χ3n) is 2.15. The molecule has 0 unspecified atom stereocenters. The molecule has 0 saturated heterocycles. The third-order valence-corrected chi connectivity index (χ3v) is 2.82. The summed E-state index contributed by atoms with van der Waals surface area (Å²) in [6, 6.07) is 6.54. The molecule has 0 aliphatic rings. The zero-order valence-corrected chi connectivity index (χ0v) is 9.29. The summed E-state index contributed by atoms with van der Waals surface area (Å²) in [7, 11) is 2.09. The molecule has 0 amide bonds. The van der Waals surface area contributed by atoms with Crippen LogP contribution in [0, 0.1) is 10.5 Å². The average Bonchev–Trinajstić information content (AvgIpc) is 2.28. The number of nitrogens with zero attached hydrogens (tertiary/aromatic N) is 1. The van der Waals surface area contributed by atoms with Crippen LogP contribution < -0.4 is 0 Å². The van der Waals surface area contributed by atoms with Crippen LogP contribution in [0.2, 0.25) is 0 Å². The first kappa shape index (κ1) is 8.10. The Bertz CT molecular complexity index is 429. The summed E-state index contributed by atoms with van der Waals surface area (Å²) in [5, 5.41) is 1.37. The van der Waals surface area contributed by atoms with Crippen molar-refractivity contribution in [3.63, 3.8) is 0 Å². The summed E-state index contributed by atoms with van der Waals surface area (Å²) in [4.78, 5) is 0. The van der Waals surface area contributed by atoms with E-state index in [0.29, 0.717) is 0 Å². The van der Waals surface area contributed by atoms with Crippen molar-refractivity contribution in [3.05, 3.63) is 33.5 Å². The van der Waals surface area contributed by atoms with E-state index in [2.05, 4.69) is 65.5 Å². The van der Waals surface area contributed by atoms with Gasteiger partial charge in [0.25, 0.3) is 0 Å². The van der Waals surface area contributed by atoms with Crippen molar-refractivity contribution in [3.8, 4) is 0 Å². The summed E-state index contributed by atoms with van der Waals surface area (Å²) >= 11 is 2.34. The molecule has 0 saturated carbocycles. The molecule has 2 heteroatoms. The normalized spacial score (nSPS) is 10.9. The summed E-state index contributed by atoms with van der Waals surface area (Å²) < 4.78 is 3.47. The molecule has 1 heterocycles. The topological polar surface area (TPSA) is 4.93 Å². The van der Waals surface area contributed by atoms with Crippen LogP contribution in [-0.2, 0) is 7.05 Å². The molecule has 0 radical (unpaired) electrons. The largest absolute Gasteiger partial charge is 0.350 e. The van der Waals surface area contributed by atoms with E-state index in [1.165, 1.54) is 20.0 Å². The maximum Gasteiger partial charge on any atom is 0.0481 e. The molecule has 1 nitrogen and oxygen atoms in total. The van der Waals surface area contributed by atoms with Crippen molar-refractivity contribution in [1.82, 2.24) is 4.57 Å². The molecular weight excluding hydrogens is 261 g/mol. The van der Waals surface area contributed by atoms with E-state index in [1.54, 1.807) is 0 Å². The Labute approximate surface area is 85.5 Å². The molecule has 0 aliphatic carbocycles. The van der Waals surface area contributed by atoms with Crippen LogP contribution in [0.3, 0.4) is 0 Å². The fourth-order valence-corrected chi connectivity index (χ4v) is 2.05. The number of halogens is 1. The van der Waals surface area contributed by atoms with Crippen molar-refractivity contribution < 1.29 is 0 Å². The van der Waals surface area contributed by atoms with Gasteiger partial charge in [0, 0.05) is 27.7 Å². The lowest BCUT2D eigenvalue weighted by Gasteiger charge is -1.95. The summed E-state index contributed by atoms with van der Waals surface area (Å²) in [6.07, 6.45) is 2.17. The number of aryl methyl sites for hydroxylation is 2. The van der Waals surface area contributed by atoms with Gasteiger partial charge in [-0.05, 0) is 53.3 Å². The van der Waals surface area contributed by atoms with Gasteiger partial charge in [0.2, 0.25) is 0 Å². The van der Waals surface area contributed by atoms with Gasteiger partial charge in [-0.2, -0.15) is 0 Å². The van der Waals surface area contributed by atoms with Gasteiger partial charge < -0.3 is 4.57 Å². The van der Waals surface area contributed by atoms with Gasteiger partial charge in [-0.1, -0.05) is 0 Å². The van der Waals surface area contributed by atoms with Gasteiger partial charge >= 0.3 is 0 Å². The Morgan fingerprint density at radius 1 is 1.33 bits per heavy atom. The smallest absolute Gasteiger partial charge is 0.0481 e. The molecule has 1 aromatic heterocycles. The van der Waals surface area contributed by atoms with E-state index in [4.69, 9.17) is 0 Å². The molecule has 0 N–H and O–H groups in total. The number of benzene rings is 1. The van der Waals surface area contributed by atoms with E-state index in [-0.39, 0.29) is 0 Å². The molecule has 62 valence electrons. The molecule has 2 rings (SSSR count). The quantitative estimate of drug-likeness (QED) is 0.649. The molecule has 0 bridgehead atoms. The molecular formula is C10H10IN. The van der Waals surface area contributed by atoms with Gasteiger partial charge in [0.1, 0.15) is 0 Å². The maximum atomic E-state index is 2.34. The second-order valence-corrected chi connectivity index (χ2v) is 4.33. The first-order valence-electron chi connectivity index (χ1n) is 3.89. The van der Waals surface area contributed by atoms with Crippen LogP contribution in [0.25, 0.3) is 10.9 Å². The molecule has 0 spiro atoms. The summed E-state index contributed by atoms with van der Waals surface area (Å²) in [5.41, 5.74) is 2.67. The van der Waals surface area contributed by atoms with Crippen LogP contribution in [0.4, 0.5) is 0 Å². The Morgan fingerprint density at radius 2 is 2.08 bits per heavy atom. The SMILES string of the molecule is Cc1cn(C)c2ccc(I)cc12. The first-order chi connectivity index (χ1) is 5.68. The lowest BCUT2D eigenvalue weighted by Crippen LogP contribution is -1.82. The van der Waals surface area contributed by atoms with Crippen LogP contribution >= 0.6 is 22.6 Å². The monoisotopic (exact) mass is 271 g/mol. The van der Waals surface area contributed by atoms with Crippen molar-refractivity contribution in [2.45, 2.75) is 6.92 Å². The minimum Gasteiger partial charge on any atom is -0.350 e. The number of hydrogen-bond donors (Lipinski definition) is 0. The van der Waals surface area contributed by atoms with Crippen molar-refractivity contribution in [2.75, 3.05) is 0 Å². The lowest BCUT2D eigenvalue weighted by atomic mass is 10.2. The van der Waals surface area contributed by atoms with Crippen LogP contribution in [0.5, 0.6) is 0 Å². The minimum absolute atomic E-state index is 1.30. The summed E-state index contributed by atoms with van der Waals surface area (Å²) in [5.74, 6) is 0. The number of fused-ring (bicyclic) bond motifs is 1. The first-order valence-corrected chi connectivity index (χ1v) is 4.97. The van der Waals surface area contributed by atoms with Gasteiger partial charge in [-0.25, -0.2) is 0 Å². The van der Waals surface area contributed by atoms with E-state index < -0.39 is 0 Å². The fourth-order valence-electron chi connectivity index (χ4n) is 1.56. The zero-order chi connectivity index (χ0) is 8.72. The molecule has 2 aromatic rings. The second kappa shape index (κ2) is 2.76. The predicted octanol–water partition coefficient (Wildman–Crippen LogP) is 3.09. The molecule has 0 fully saturated rings. The predicted molar refractivity (Wildman–Crippen MR) is 60.4 cm³/mol. The molecule has 0 atom stereocenters. The van der Waals surface area contributed by atoms with Crippen LogP contribution in [0.15, 0.2) is 24.4 Å². The lowest BCUT2D eigenvalue weighted by molar-refractivity contribution is 0.964. The van der Waals surface area contributed by atoms with Gasteiger partial charge in [0.05, 0.1) is 0 Å². The number of hydrogen-bond acceptors (Lipinski definition) is 0.